The standard InChI is InChI=1S/C14H23FN2O/c1-3-6-18-14-5-4-12(15)7-13(14)10(2)11(8-16)9-17/h4-5,7,10-11H,3,6,8-9,16-17H2,1-2H3. The van der Waals surface area contributed by atoms with E-state index in [1.165, 1.54) is 12.1 Å². The number of halogens is 1. The average Bonchev–Trinajstić information content (AvgIpc) is 2.38. The Kier molecular flexibility index (Phi) is 6.09. The van der Waals surface area contributed by atoms with Crippen LogP contribution in [0.2, 0.25) is 0 Å². The van der Waals surface area contributed by atoms with Crippen molar-refractivity contribution in [1.29, 1.82) is 0 Å². The number of hydrogen-bond donors (Lipinski definition) is 2. The molecular formula is C14H23FN2O. The van der Waals surface area contributed by atoms with Gasteiger partial charge in [-0.05, 0) is 49.5 Å². The molecule has 0 aliphatic carbocycles. The maximum absolute atomic E-state index is 13.4. The van der Waals surface area contributed by atoms with E-state index in [4.69, 9.17) is 16.2 Å². The van der Waals surface area contributed by atoms with Gasteiger partial charge < -0.3 is 16.2 Å². The lowest BCUT2D eigenvalue weighted by atomic mass is 9.87. The number of hydrogen-bond acceptors (Lipinski definition) is 3. The first kappa shape index (κ1) is 14.9. The summed E-state index contributed by atoms with van der Waals surface area (Å²) in [6.07, 6.45) is 0.919. The predicted molar refractivity (Wildman–Crippen MR) is 72.2 cm³/mol. The van der Waals surface area contributed by atoms with Crippen LogP contribution < -0.4 is 16.2 Å². The monoisotopic (exact) mass is 254 g/mol. The molecule has 3 nitrogen and oxygen atoms in total. The maximum Gasteiger partial charge on any atom is 0.123 e. The summed E-state index contributed by atoms with van der Waals surface area (Å²) in [6.45, 7) is 5.65. The van der Waals surface area contributed by atoms with Gasteiger partial charge in [-0.3, -0.25) is 0 Å². The minimum atomic E-state index is -0.256. The molecule has 0 saturated heterocycles. The molecular weight excluding hydrogens is 231 g/mol. The van der Waals surface area contributed by atoms with Crippen molar-refractivity contribution >= 4 is 0 Å². The third-order valence-corrected chi connectivity index (χ3v) is 3.24. The Balaban J connectivity index is 2.99. The Hall–Kier alpha value is -1.13. The highest BCUT2D eigenvalue weighted by atomic mass is 19.1. The van der Waals surface area contributed by atoms with Crippen LogP contribution in [0.15, 0.2) is 18.2 Å². The smallest absolute Gasteiger partial charge is 0.123 e. The fourth-order valence-electron chi connectivity index (χ4n) is 1.98. The highest BCUT2D eigenvalue weighted by Crippen LogP contribution is 2.32. The highest BCUT2D eigenvalue weighted by molar-refractivity contribution is 5.37. The zero-order chi connectivity index (χ0) is 13.5. The van der Waals surface area contributed by atoms with Crippen molar-refractivity contribution in [1.82, 2.24) is 0 Å². The number of nitrogens with two attached hydrogens (primary N) is 2. The summed E-state index contributed by atoms with van der Waals surface area (Å²) >= 11 is 0. The average molecular weight is 254 g/mol. The van der Waals surface area contributed by atoms with Gasteiger partial charge in [0.2, 0.25) is 0 Å². The van der Waals surface area contributed by atoms with Gasteiger partial charge in [-0.25, -0.2) is 4.39 Å². The normalized spacial score (nSPS) is 12.8. The molecule has 0 radical (unpaired) electrons. The van der Waals surface area contributed by atoms with Crippen LogP contribution in [0.25, 0.3) is 0 Å². The van der Waals surface area contributed by atoms with Crippen molar-refractivity contribution in [2.24, 2.45) is 17.4 Å². The Morgan fingerprint density at radius 3 is 2.50 bits per heavy atom. The second kappa shape index (κ2) is 7.34. The van der Waals surface area contributed by atoms with E-state index in [9.17, 15) is 4.39 Å². The molecule has 18 heavy (non-hydrogen) atoms. The molecule has 0 aromatic heterocycles. The van der Waals surface area contributed by atoms with Crippen molar-refractivity contribution in [2.45, 2.75) is 26.2 Å². The van der Waals surface area contributed by atoms with Gasteiger partial charge in [0.1, 0.15) is 11.6 Å². The molecule has 0 amide bonds. The van der Waals surface area contributed by atoms with Crippen molar-refractivity contribution in [2.75, 3.05) is 19.7 Å². The van der Waals surface area contributed by atoms with E-state index in [0.717, 1.165) is 17.7 Å². The lowest BCUT2D eigenvalue weighted by molar-refractivity contribution is 0.308. The molecule has 0 aliphatic rings. The van der Waals surface area contributed by atoms with Crippen LogP contribution in [0.1, 0.15) is 31.7 Å². The summed E-state index contributed by atoms with van der Waals surface area (Å²) in [4.78, 5) is 0. The van der Waals surface area contributed by atoms with E-state index in [1.54, 1.807) is 6.07 Å². The summed E-state index contributed by atoms with van der Waals surface area (Å²) in [5.74, 6) is 0.699. The van der Waals surface area contributed by atoms with E-state index in [1.807, 2.05) is 13.8 Å². The topological polar surface area (TPSA) is 61.3 Å². The molecule has 102 valence electrons. The van der Waals surface area contributed by atoms with Gasteiger partial charge in [-0.2, -0.15) is 0 Å². The summed E-state index contributed by atoms with van der Waals surface area (Å²) in [5, 5.41) is 0. The van der Waals surface area contributed by atoms with Crippen LogP contribution in [0.5, 0.6) is 5.75 Å². The van der Waals surface area contributed by atoms with Crippen molar-refractivity contribution in [3.8, 4) is 5.75 Å². The third kappa shape index (κ3) is 3.68. The zero-order valence-corrected chi connectivity index (χ0v) is 11.2. The molecule has 1 rings (SSSR count). The quantitative estimate of drug-likeness (QED) is 0.784. The molecule has 4 heteroatoms. The second-order valence-electron chi connectivity index (χ2n) is 4.55. The largest absolute Gasteiger partial charge is 0.493 e. The molecule has 0 bridgehead atoms. The van der Waals surface area contributed by atoms with Crippen molar-refractivity contribution in [3.63, 3.8) is 0 Å². The van der Waals surface area contributed by atoms with Crippen LogP contribution in [0.4, 0.5) is 4.39 Å². The van der Waals surface area contributed by atoms with Crippen molar-refractivity contribution in [3.05, 3.63) is 29.6 Å². The number of rotatable bonds is 7. The van der Waals surface area contributed by atoms with Crippen LogP contribution >= 0.6 is 0 Å². The minimum absolute atomic E-state index is 0.0857. The van der Waals surface area contributed by atoms with E-state index in [0.29, 0.717) is 19.7 Å². The molecule has 0 aliphatic heterocycles. The molecule has 0 saturated carbocycles. The van der Waals surface area contributed by atoms with Gasteiger partial charge in [0, 0.05) is 5.56 Å². The van der Waals surface area contributed by atoms with Crippen LogP contribution in [0, 0.1) is 11.7 Å². The molecule has 0 fully saturated rings. The first-order valence-corrected chi connectivity index (χ1v) is 6.46. The molecule has 1 aromatic carbocycles. The van der Waals surface area contributed by atoms with Crippen molar-refractivity contribution < 1.29 is 9.13 Å². The van der Waals surface area contributed by atoms with E-state index < -0.39 is 0 Å². The molecule has 4 N–H and O–H groups in total. The molecule has 1 aromatic rings. The molecule has 1 atom stereocenters. The third-order valence-electron chi connectivity index (χ3n) is 3.24. The highest BCUT2D eigenvalue weighted by Gasteiger charge is 2.20. The lowest BCUT2D eigenvalue weighted by Crippen LogP contribution is -2.28. The first-order chi connectivity index (χ1) is 8.63. The van der Waals surface area contributed by atoms with Gasteiger partial charge in [-0.1, -0.05) is 13.8 Å². The fraction of sp³-hybridized carbons (Fsp3) is 0.571. The van der Waals surface area contributed by atoms with E-state index in [-0.39, 0.29) is 17.7 Å². The fourth-order valence-corrected chi connectivity index (χ4v) is 1.98. The summed E-state index contributed by atoms with van der Waals surface area (Å²) in [7, 11) is 0. The molecule has 0 spiro atoms. The summed E-state index contributed by atoms with van der Waals surface area (Å²) in [6, 6.07) is 4.62. The minimum Gasteiger partial charge on any atom is -0.493 e. The Labute approximate surface area is 108 Å². The SMILES string of the molecule is CCCOc1ccc(F)cc1C(C)C(CN)CN. The van der Waals surface area contributed by atoms with Gasteiger partial charge in [0.25, 0.3) is 0 Å². The van der Waals surface area contributed by atoms with Gasteiger partial charge >= 0.3 is 0 Å². The predicted octanol–water partition coefficient (Wildman–Crippen LogP) is 2.25. The first-order valence-electron chi connectivity index (χ1n) is 6.46. The van der Waals surface area contributed by atoms with E-state index >= 15 is 0 Å². The van der Waals surface area contributed by atoms with Gasteiger partial charge in [0.15, 0.2) is 0 Å². The Morgan fingerprint density at radius 2 is 1.94 bits per heavy atom. The maximum atomic E-state index is 13.4. The summed E-state index contributed by atoms with van der Waals surface area (Å²) in [5.41, 5.74) is 12.2. The number of benzene rings is 1. The molecule has 0 heterocycles. The second-order valence-corrected chi connectivity index (χ2v) is 4.55. The number of ether oxygens (including phenoxy) is 1. The Morgan fingerprint density at radius 1 is 1.28 bits per heavy atom. The zero-order valence-electron chi connectivity index (χ0n) is 11.2. The lowest BCUT2D eigenvalue weighted by Gasteiger charge is -2.23. The summed E-state index contributed by atoms with van der Waals surface area (Å²) < 4.78 is 19.0. The van der Waals surface area contributed by atoms with Crippen LogP contribution in [0.3, 0.4) is 0 Å². The molecule has 1 unspecified atom stereocenters. The Bertz CT molecular complexity index is 367. The van der Waals surface area contributed by atoms with Crippen LogP contribution in [-0.4, -0.2) is 19.7 Å². The van der Waals surface area contributed by atoms with E-state index in [2.05, 4.69) is 0 Å². The van der Waals surface area contributed by atoms with Gasteiger partial charge in [-0.15, -0.1) is 0 Å². The van der Waals surface area contributed by atoms with Gasteiger partial charge in [0.05, 0.1) is 6.61 Å². The van der Waals surface area contributed by atoms with Crippen LogP contribution in [-0.2, 0) is 0 Å².